The summed E-state index contributed by atoms with van der Waals surface area (Å²) >= 11 is 0. The van der Waals surface area contributed by atoms with Gasteiger partial charge >= 0.3 is 6.03 Å². The average molecular weight is 375 g/mol. The van der Waals surface area contributed by atoms with E-state index in [1.54, 1.807) is 17.0 Å². The van der Waals surface area contributed by atoms with Crippen molar-refractivity contribution in [3.63, 3.8) is 0 Å². The van der Waals surface area contributed by atoms with Crippen LogP contribution in [0.1, 0.15) is 25.7 Å². The Morgan fingerprint density at radius 3 is 2.52 bits per heavy atom. The molecule has 1 saturated carbocycles. The predicted molar refractivity (Wildman–Crippen MR) is 97.8 cm³/mol. The van der Waals surface area contributed by atoms with E-state index >= 15 is 0 Å². The number of hydrogen-bond acceptors (Lipinski definition) is 3. The van der Waals surface area contributed by atoms with E-state index in [9.17, 15) is 14.0 Å². The van der Waals surface area contributed by atoms with Gasteiger partial charge in [-0.25, -0.2) is 9.18 Å². The summed E-state index contributed by atoms with van der Waals surface area (Å²) in [7, 11) is 0. The Hall–Kier alpha value is -2.31. The van der Waals surface area contributed by atoms with Gasteiger partial charge in [-0.05, 0) is 55.9 Å². The number of carbonyl (C=O) groups is 2. The van der Waals surface area contributed by atoms with Gasteiger partial charge in [-0.2, -0.15) is 0 Å². The van der Waals surface area contributed by atoms with E-state index in [1.165, 1.54) is 12.1 Å². The second kappa shape index (κ2) is 7.74. The lowest BCUT2D eigenvalue weighted by atomic mass is 9.97. The van der Waals surface area contributed by atoms with Crippen molar-refractivity contribution in [2.24, 2.45) is 11.8 Å². The molecule has 27 heavy (non-hydrogen) atoms. The fraction of sp³-hybridized carbons (Fsp3) is 0.600. The molecule has 3 aliphatic rings. The highest BCUT2D eigenvalue weighted by atomic mass is 19.1. The van der Waals surface area contributed by atoms with E-state index < -0.39 is 0 Å². The highest BCUT2D eigenvalue weighted by Crippen LogP contribution is 2.32. The van der Waals surface area contributed by atoms with Crippen LogP contribution in [0.2, 0.25) is 0 Å². The molecular weight excluding hydrogens is 349 g/mol. The number of halogens is 1. The van der Waals surface area contributed by atoms with Gasteiger partial charge < -0.3 is 19.9 Å². The molecule has 1 aliphatic carbocycles. The molecular formula is C20H26FN3O3. The first kappa shape index (κ1) is 18.1. The number of amides is 3. The summed E-state index contributed by atoms with van der Waals surface area (Å²) < 4.78 is 18.6. The summed E-state index contributed by atoms with van der Waals surface area (Å²) in [5, 5.41) is 2.99. The Labute approximate surface area is 158 Å². The maximum absolute atomic E-state index is 12.9. The topological polar surface area (TPSA) is 61.9 Å². The van der Waals surface area contributed by atoms with E-state index in [0.717, 1.165) is 38.8 Å². The molecule has 0 radical (unpaired) electrons. The molecule has 0 bridgehead atoms. The van der Waals surface area contributed by atoms with Crippen molar-refractivity contribution in [3.8, 4) is 5.75 Å². The summed E-state index contributed by atoms with van der Waals surface area (Å²) in [5.41, 5.74) is 0. The van der Waals surface area contributed by atoms with Gasteiger partial charge in [0.1, 0.15) is 17.7 Å². The van der Waals surface area contributed by atoms with Crippen LogP contribution in [0.25, 0.3) is 0 Å². The number of nitrogens with one attached hydrogen (secondary N) is 1. The number of hydrogen-bond donors (Lipinski definition) is 1. The van der Waals surface area contributed by atoms with Crippen molar-refractivity contribution < 1.29 is 18.7 Å². The quantitative estimate of drug-likeness (QED) is 0.859. The fourth-order valence-corrected chi connectivity index (χ4v) is 3.75. The molecule has 3 amide bonds. The normalized spacial score (nSPS) is 22.9. The third-order valence-electron chi connectivity index (χ3n) is 5.55. The second-order valence-electron chi connectivity index (χ2n) is 7.85. The van der Waals surface area contributed by atoms with Crippen LogP contribution < -0.4 is 10.1 Å². The molecule has 0 aromatic heterocycles. The van der Waals surface area contributed by atoms with Gasteiger partial charge in [0.2, 0.25) is 5.91 Å². The first-order valence-corrected chi connectivity index (χ1v) is 9.82. The number of piperidine rings is 1. The molecule has 1 aromatic carbocycles. The molecule has 0 unspecified atom stereocenters. The van der Waals surface area contributed by atoms with Crippen LogP contribution in [0.15, 0.2) is 24.3 Å². The summed E-state index contributed by atoms with van der Waals surface area (Å²) in [6, 6.07) is 5.82. The number of urea groups is 1. The Bertz CT molecular complexity index is 686. The molecule has 1 aromatic rings. The molecule has 2 saturated heterocycles. The minimum Gasteiger partial charge on any atom is -0.487 e. The van der Waals surface area contributed by atoms with Crippen molar-refractivity contribution in [1.82, 2.24) is 15.1 Å². The average Bonchev–Trinajstić information content (AvgIpc) is 3.49. The highest BCUT2D eigenvalue weighted by molar-refractivity contribution is 5.81. The lowest BCUT2D eigenvalue weighted by molar-refractivity contribution is -0.134. The van der Waals surface area contributed by atoms with Gasteiger partial charge in [-0.15, -0.1) is 0 Å². The van der Waals surface area contributed by atoms with Gasteiger partial charge in [0.25, 0.3) is 0 Å². The van der Waals surface area contributed by atoms with Crippen LogP contribution in [0.4, 0.5) is 9.18 Å². The van der Waals surface area contributed by atoms with Crippen molar-refractivity contribution in [2.45, 2.75) is 31.8 Å². The minimum atomic E-state index is -0.294. The largest absolute Gasteiger partial charge is 0.487 e. The van der Waals surface area contributed by atoms with Crippen LogP contribution in [-0.2, 0) is 4.79 Å². The Balaban J connectivity index is 1.16. The second-order valence-corrected chi connectivity index (χ2v) is 7.85. The Morgan fingerprint density at radius 1 is 1.07 bits per heavy atom. The predicted octanol–water partition coefficient (Wildman–Crippen LogP) is 2.25. The third-order valence-corrected chi connectivity index (χ3v) is 5.55. The van der Waals surface area contributed by atoms with E-state index in [2.05, 4.69) is 5.32 Å². The van der Waals surface area contributed by atoms with Gasteiger partial charge in [0.15, 0.2) is 0 Å². The summed E-state index contributed by atoms with van der Waals surface area (Å²) in [5.74, 6) is 1.21. The molecule has 2 heterocycles. The van der Waals surface area contributed by atoms with Gasteiger partial charge in [0.05, 0.1) is 13.1 Å². The van der Waals surface area contributed by atoms with Crippen LogP contribution in [0.5, 0.6) is 5.75 Å². The zero-order chi connectivity index (χ0) is 18.8. The number of benzene rings is 1. The molecule has 146 valence electrons. The van der Waals surface area contributed by atoms with Crippen molar-refractivity contribution in [2.75, 3.05) is 32.7 Å². The first-order valence-electron chi connectivity index (χ1n) is 9.82. The van der Waals surface area contributed by atoms with E-state index in [-0.39, 0.29) is 23.9 Å². The fourth-order valence-electron chi connectivity index (χ4n) is 3.75. The van der Waals surface area contributed by atoms with E-state index in [0.29, 0.717) is 37.2 Å². The number of ether oxygens (including phenoxy) is 1. The molecule has 7 heteroatoms. The lowest BCUT2D eigenvalue weighted by Gasteiger charge is -2.39. The van der Waals surface area contributed by atoms with Crippen molar-refractivity contribution in [3.05, 3.63) is 30.1 Å². The molecule has 4 rings (SSSR count). The molecule has 6 nitrogen and oxygen atoms in total. The van der Waals surface area contributed by atoms with E-state index in [1.807, 2.05) is 4.90 Å². The standard InChI is InChI=1S/C20H26FN3O3/c21-16-5-7-17(8-6-16)27-18-12-24(13-18)20(26)22-10-14-2-1-9-23(11-14)19(25)15-3-4-15/h5-8,14-15,18H,1-4,9-13H2,(H,22,26)/t14-/m1/s1. The zero-order valence-corrected chi connectivity index (χ0v) is 15.4. The number of carbonyl (C=O) groups excluding carboxylic acids is 2. The van der Waals surface area contributed by atoms with Crippen LogP contribution in [0.3, 0.4) is 0 Å². The zero-order valence-electron chi connectivity index (χ0n) is 15.4. The SMILES string of the molecule is O=C(NC[C@H]1CCCN(C(=O)C2CC2)C1)N1CC(Oc2ccc(F)cc2)C1. The first-order chi connectivity index (χ1) is 13.1. The van der Waals surface area contributed by atoms with Crippen LogP contribution in [-0.4, -0.2) is 60.6 Å². The smallest absolute Gasteiger partial charge is 0.317 e. The maximum atomic E-state index is 12.9. The van der Waals surface area contributed by atoms with E-state index in [4.69, 9.17) is 4.74 Å². The summed E-state index contributed by atoms with van der Waals surface area (Å²) in [6.07, 6.45) is 4.07. The minimum absolute atomic E-state index is 0.0532. The summed E-state index contributed by atoms with van der Waals surface area (Å²) in [4.78, 5) is 28.2. The number of likely N-dealkylation sites (tertiary alicyclic amines) is 2. The Kier molecular flexibility index (Phi) is 5.18. The molecule has 0 spiro atoms. The maximum Gasteiger partial charge on any atom is 0.317 e. The Morgan fingerprint density at radius 2 is 1.81 bits per heavy atom. The highest BCUT2D eigenvalue weighted by Gasteiger charge is 2.36. The van der Waals surface area contributed by atoms with Gasteiger partial charge in [-0.1, -0.05) is 0 Å². The molecule has 1 N–H and O–H groups in total. The van der Waals surface area contributed by atoms with Crippen molar-refractivity contribution in [1.29, 1.82) is 0 Å². The van der Waals surface area contributed by atoms with Gasteiger partial charge in [0, 0.05) is 25.6 Å². The molecule has 3 fully saturated rings. The van der Waals surface area contributed by atoms with Crippen LogP contribution in [0, 0.1) is 17.7 Å². The lowest BCUT2D eigenvalue weighted by Crippen LogP contribution is -2.59. The van der Waals surface area contributed by atoms with Gasteiger partial charge in [-0.3, -0.25) is 4.79 Å². The number of nitrogens with zero attached hydrogens (tertiary/aromatic N) is 2. The molecule has 2 aliphatic heterocycles. The van der Waals surface area contributed by atoms with Crippen molar-refractivity contribution >= 4 is 11.9 Å². The monoisotopic (exact) mass is 375 g/mol. The summed E-state index contributed by atoms with van der Waals surface area (Å²) in [6.45, 7) is 3.27. The number of rotatable bonds is 5. The molecule has 1 atom stereocenters. The van der Waals surface area contributed by atoms with Crippen LogP contribution >= 0.6 is 0 Å². The third kappa shape index (κ3) is 4.51.